The molecule has 0 aliphatic heterocycles. The largest absolute Gasteiger partial charge is 0.370 e. The Labute approximate surface area is 168 Å². The van der Waals surface area contributed by atoms with Gasteiger partial charge in [0.1, 0.15) is 0 Å². The van der Waals surface area contributed by atoms with Gasteiger partial charge in [-0.05, 0) is 42.4 Å². The van der Waals surface area contributed by atoms with E-state index in [0.717, 1.165) is 5.69 Å². The molecule has 1 saturated carbocycles. The van der Waals surface area contributed by atoms with Crippen molar-refractivity contribution in [2.75, 3.05) is 18.4 Å². The zero-order valence-corrected chi connectivity index (χ0v) is 17.6. The summed E-state index contributed by atoms with van der Waals surface area (Å²) in [5, 5.41) is 6.02. The number of guanidine groups is 1. The lowest BCUT2D eigenvalue weighted by atomic mass is 10.0. The van der Waals surface area contributed by atoms with Crippen LogP contribution in [0, 0.1) is 5.92 Å². The van der Waals surface area contributed by atoms with E-state index in [0.29, 0.717) is 37.3 Å². The molecule has 1 aliphatic carbocycles. The molecule has 1 fully saturated rings. The van der Waals surface area contributed by atoms with E-state index >= 15 is 0 Å². The number of halogens is 1. The van der Waals surface area contributed by atoms with Gasteiger partial charge in [-0.3, -0.25) is 9.79 Å². The molecule has 140 valence electrons. The molecular weight excluding hydrogens is 427 g/mol. The molecule has 0 aromatic heterocycles. The van der Waals surface area contributed by atoms with Crippen molar-refractivity contribution >= 4 is 41.5 Å². The van der Waals surface area contributed by atoms with Crippen LogP contribution in [0.25, 0.3) is 0 Å². The summed E-state index contributed by atoms with van der Waals surface area (Å²) in [5.41, 5.74) is 8.10. The van der Waals surface area contributed by atoms with E-state index in [1.165, 1.54) is 31.2 Å². The molecule has 6 heteroatoms. The van der Waals surface area contributed by atoms with E-state index in [-0.39, 0.29) is 29.9 Å². The van der Waals surface area contributed by atoms with Crippen LogP contribution >= 0.6 is 24.0 Å². The highest BCUT2D eigenvalue weighted by Crippen LogP contribution is 2.27. The Hall–Kier alpha value is -1.31. The highest BCUT2D eigenvalue weighted by Gasteiger charge is 2.17. The summed E-state index contributed by atoms with van der Waals surface area (Å²) >= 11 is 0. The first-order valence-corrected chi connectivity index (χ1v) is 8.98. The van der Waals surface area contributed by atoms with Gasteiger partial charge in [-0.15, -0.1) is 24.0 Å². The first-order chi connectivity index (χ1) is 11.5. The number of anilines is 1. The summed E-state index contributed by atoms with van der Waals surface area (Å²) in [6.07, 6.45) is 5.57. The zero-order valence-electron chi connectivity index (χ0n) is 15.3. The van der Waals surface area contributed by atoms with Crippen molar-refractivity contribution in [1.82, 2.24) is 5.32 Å². The van der Waals surface area contributed by atoms with Gasteiger partial charge in [-0.1, -0.05) is 38.8 Å². The molecule has 1 aromatic rings. The van der Waals surface area contributed by atoms with Crippen LogP contribution in [0.15, 0.2) is 29.3 Å². The molecule has 0 bridgehead atoms. The lowest BCUT2D eigenvalue weighted by Crippen LogP contribution is -2.29. The van der Waals surface area contributed by atoms with Crippen LogP contribution in [-0.2, 0) is 4.79 Å². The number of aliphatic imine (C=N–C) groups is 1. The van der Waals surface area contributed by atoms with Crippen molar-refractivity contribution in [3.05, 3.63) is 29.8 Å². The highest BCUT2D eigenvalue weighted by atomic mass is 127. The topological polar surface area (TPSA) is 79.5 Å². The van der Waals surface area contributed by atoms with Crippen molar-refractivity contribution < 1.29 is 4.79 Å². The Kier molecular flexibility index (Phi) is 9.85. The Balaban J connectivity index is 0.00000312. The normalized spacial score (nSPS) is 15.1. The lowest BCUT2D eigenvalue weighted by Gasteiger charge is -2.10. The van der Waals surface area contributed by atoms with Crippen LogP contribution in [0.1, 0.15) is 57.4 Å². The van der Waals surface area contributed by atoms with Gasteiger partial charge in [0.05, 0.1) is 6.54 Å². The van der Waals surface area contributed by atoms with Crippen LogP contribution < -0.4 is 16.4 Å². The zero-order chi connectivity index (χ0) is 17.4. The molecule has 0 saturated heterocycles. The fourth-order valence-electron chi connectivity index (χ4n) is 3.08. The first-order valence-electron chi connectivity index (χ1n) is 8.98. The highest BCUT2D eigenvalue weighted by molar-refractivity contribution is 14.0. The minimum absolute atomic E-state index is 0. The van der Waals surface area contributed by atoms with Crippen molar-refractivity contribution in [3.8, 4) is 0 Å². The number of carbonyl (C=O) groups is 1. The van der Waals surface area contributed by atoms with Crippen molar-refractivity contribution in [1.29, 1.82) is 0 Å². The summed E-state index contributed by atoms with van der Waals surface area (Å²) in [6.45, 7) is 5.33. The maximum Gasteiger partial charge on any atom is 0.220 e. The van der Waals surface area contributed by atoms with E-state index in [1.807, 2.05) is 12.1 Å². The summed E-state index contributed by atoms with van der Waals surface area (Å²) in [5.74, 6) is 1.56. The Bertz CT molecular complexity index is 568. The molecule has 5 nitrogen and oxygen atoms in total. The van der Waals surface area contributed by atoms with Gasteiger partial charge in [0, 0.05) is 18.7 Å². The molecule has 1 aliphatic rings. The minimum atomic E-state index is 0. The van der Waals surface area contributed by atoms with Gasteiger partial charge in [0.15, 0.2) is 5.96 Å². The molecule has 1 aromatic carbocycles. The predicted octanol–water partition coefficient (Wildman–Crippen LogP) is 3.85. The third-order valence-corrected chi connectivity index (χ3v) is 4.49. The van der Waals surface area contributed by atoms with Crippen LogP contribution in [0.5, 0.6) is 0 Å². The number of nitrogens with two attached hydrogens (primary N) is 1. The van der Waals surface area contributed by atoms with E-state index < -0.39 is 0 Å². The van der Waals surface area contributed by atoms with Crippen LogP contribution in [0.3, 0.4) is 0 Å². The maximum absolute atomic E-state index is 11.8. The summed E-state index contributed by atoms with van der Waals surface area (Å²) in [7, 11) is 0. The monoisotopic (exact) mass is 458 g/mol. The second kappa shape index (κ2) is 11.3. The molecule has 4 N–H and O–H groups in total. The summed E-state index contributed by atoms with van der Waals surface area (Å²) in [4.78, 5) is 16.1. The smallest absolute Gasteiger partial charge is 0.220 e. The van der Waals surface area contributed by atoms with Gasteiger partial charge in [-0.25, -0.2) is 0 Å². The van der Waals surface area contributed by atoms with Crippen LogP contribution in [0.4, 0.5) is 5.69 Å². The van der Waals surface area contributed by atoms with Crippen molar-refractivity contribution in [3.63, 3.8) is 0 Å². The summed E-state index contributed by atoms with van der Waals surface area (Å²) in [6, 6.07) is 8.16. The molecule has 2 rings (SSSR count). The Morgan fingerprint density at radius 1 is 1.32 bits per heavy atom. The van der Waals surface area contributed by atoms with Gasteiger partial charge in [0.2, 0.25) is 5.91 Å². The number of hydrogen-bond acceptors (Lipinski definition) is 2. The second-order valence-corrected chi connectivity index (χ2v) is 6.88. The van der Waals surface area contributed by atoms with E-state index in [4.69, 9.17) is 5.73 Å². The molecule has 1 amide bonds. The van der Waals surface area contributed by atoms with E-state index in [2.05, 4.69) is 41.6 Å². The van der Waals surface area contributed by atoms with Crippen LogP contribution in [0.2, 0.25) is 0 Å². The van der Waals surface area contributed by atoms with E-state index in [1.54, 1.807) is 0 Å². The average molecular weight is 458 g/mol. The minimum Gasteiger partial charge on any atom is -0.370 e. The number of benzene rings is 1. The molecular formula is C19H31IN4O. The fraction of sp³-hybridized carbons (Fsp3) is 0.579. The number of hydrogen-bond donors (Lipinski definition) is 3. The molecule has 0 unspecified atom stereocenters. The van der Waals surface area contributed by atoms with E-state index in [9.17, 15) is 4.79 Å². The van der Waals surface area contributed by atoms with Gasteiger partial charge < -0.3 is 16.4 Å². The van der Waals surface area contributed by atoms with Gasteiger partial charge in [0.25, 0.3) is 0 Å². The molecule has 25 heavy (non-hydrogen) atoms. The third kappa shape index (κ3) is 8.07. The number of rotatable bonds is 7. The van der Waals surface area contributed by atoms with Gasteiger partial charge in [-0.2, -0.15) is 0 Å². The van der Waals surface area contributed by atoms with Crippen molar-refractivity contribution in [2.45, 2.75) is 51.9 Å². The quantitative estimate of drug-likeness (QED) is 0.251. The predicted molar refractivity (Wildman–Crippen MR) is 116 cm³/mol. The lowest BCUT2D eigenvalue weighted by molar-refractivity contribution is -0.121. The molecule has 0 radical (unpaired) electrons. The Morgan fingerprint density at radius 3 is 2.72 bits per heavy atom. The number of carbonyl (C=O) groups excluding carboxylic acids is 1. The standard InChI is InChI=1S/C19H30N4O.HI/c1-14(2)16-8-5-9-17(13-16)23-19(20)22-11-10-21-18(24)12-15-6-3-4-7-15;/h5,8-9,13-15H,3-4,6-7,10-12H2,1-2H3,(H,21,24)(H3,20,22,23);1H. The summed E-state index contributed by atoms with van der Waals surface area (Å²) < 4.78 is 0. The van der Waals surface area contributed by atoms with Crippen molar-refractivity contribution in [2.24, 2.45) is 16.6 Å². The molecule has 0 spiro atoms. The molecule has 0 atom stereocenters. The average Bonchev–Trinajstić information content (AvgIpc) is 3.04. The number of nitrogens with one attached hydrogen (secondary N) is 2. The first kappa shape index (κ1) is 21.7. The third-order valence-electron chi connectivity index (χ3n) is 4.49. The number of nitrogens with zero attached hydrogens (tertiary/aromatic N) is 1. The number of amides is 1. The Morgan fingerprint density at radius 2 is 2.04 bits per heavy atom. The maximum atomic E-state index is 11.8. The van der Waals surface area contributed by atoms with Gasteiger partial charge >= 0.3 is 0 Å². The van der Waals surface area contributed by atoms with Crippen LogP contribution in [-0.4, -0.2) is 25.0 Å². The fourth-order valence-corrected chi connectivity index (χ4v) is 3.08. The second-order valence-electron chi connectivity index (χ2n) is 6.88. The molecule has 0 heterocycles. The SMILES string of the molecule is CC(C)c1cccc(NC(N)=NCCNC(=O)CC2CCCC2)c1.I.